The van der Waals surface area contributed by atoms with Crippen LogP contribution in [0.15, 0.2) is 28.8 Å². The lowest BCUT2D eigenvalue weighted by atomic mass is 10.1. The molecule has 2 rings (SSSR count). The fourth-order valence-corrected chi connectivity index (χ4v) is 1.79. The van der Waals surface area contributed by atoms with Crippen LogP contribution in [-0.2, 0) is 6.42 Å². The van der Waals surface area contributed by atoms with E-state index in [1.54, 1.807) is 26.0 Å². The van der Waals surface area contributed by atoms with Gasteiger partial charge in [0.1, 0.15) is 17.2 Å². The summed E-state index contributed by atoms with van der Waals surface area (Å²) in [5, 5.41) is 9.17. The SMILES string of the molecule is Cc1noc(C)c1NC(=O)NCCc1ccc(F)cc1. The standard InChI is InChI=1S/C14H16FN3O2/c1-9-13(10(2)20-18-9)17-14(19)16-8-7-11-3-5-12(15)6-4-11/h3-6H,7-8H2,1-2H3,(H2,16,17,19). The van der Waals surface area contributed by atoms with Crippen molar-refractivity contribution in [2.45, 2.75) is 20.3 Å². The molecule has 2 aromatic rings. The Kier molecular flexibility index (Phi) is 4.34. The van der Waals surface area contributed by atoms with Gasteiger partial charge in [0.25, 0.3) is 0 Å². The zero-order chi connectivity index (χ0) is 14.5. The molecule has 20 heavy (non-hydrogen) atoms. The molecule has 0 aliphatic heterocycles. The Morgan fingerprint density at radius 2 is 2.00 bits per heavy atom. The molecule has 0 unspecified atom stereocenters. The highest BCUT2D eigenvalue weighted by Gasteiger charge is 2.11. The molecule has 5 nitrogen and oxygen atoms in total. The van der Waals surface area contributed by atoms with E-state index in [4.69, 9.17) is 4.52 Å². The maximum absolute atomic E-state index is 12.7. The largest absolute Gasteiger partial charge is 0.359 e. The van der Waals surface area contributed by atoms with Crippen molar-refractivity contribution in [3.63, 3.8) is 0 Å². The van der Waals surface area contributed by atoms with E-state index < -0.39 is 0 Å². The first-order valence-electron chi connectivity index (χ1n) is 6.28. The number of carbonyl (C=O) groups excluding carboxylic acids is 1. The van der Waals surface area contributed by atoms with Crippen LogP contribution >= 0.6 is 0 Å². The van der Waals surface area contributed by atoms with E-state index in [0.717, 1.165) is 5.56 Å². The highest BCUT2D eigenvalue weighted by molar-refractivity contribution is 5.90. The minimum absolute atomic E-state index is 0.266. The first-order chi connectivity index (χ1) is 9.56. The van der Waals surface area contributed by atoms with Crippen molar-refractivity contribution >= 4 is 11.7 Å². The fraction of sp³-hybridized carbons (Fsp3) is 0.286. The lowest BCUT2D eigenvalue weighted by Crippen LogP contribution is -2.30. The summed E-state index contributed by atoms with van der Waals surface area (Å²) in [6.45, 7) is 3.94. The second-order valence-electron chi connectivity index (χ2n) is 4.46. The Bertz CT molecular complexity index is 573. The molecule has 0 fully saturated rings. The Balaban J connectivity index is 1.80. The molecule has 106 valence electrons. The van der Waals surface area contributed by atoms with Crippen LogP contribution in [-0.4, -0.2) is 17.7 Å². The second-order valence-corrected chi connectivity index (χ2v) is 4.46. The summed E-state index contributed by atoms with van der Waals surface area (Å²) in [4.78, 5) is 11.7. The van der Waals surface area contributed by atoms with Crippen molar-refractivity contribution in [2.24, 2.45) is 0 Å². The molecule has 1 heterocycles. The minimum atomic E-state index is -0.318. The van der Waals surface area contributed by atoms with Gasteiger partial charge in [-0.25, -0.2) is 9.18 Å². The first kappa shape index (κ1) is 14.0. The van der Waals surface area contributed by atoms with Crippen molar-refractivity contribution in [1.29, 1.82) is 0 Å². The second kappa shape index (κ2) is 6.18. The molecule has 2 N–H and O–H groups in total. The number of anilines is 1. The number of nitrogens with one attached hydrogen (secondary N) is 2. The van der Waals surface area contributed by atoms with Crippen LogP contribution < -0.4 is 10.6 Å². The highest BCUT2D eigenvalue weighted by Crippen LogP contribution is 2.18. The summed E-state index contributed by atoms with van der Waals surface area (Å²) in [7, 11) is 0. The monoisotopic (exact) mass is 277 g/mol. The van der Waals surface area contributed by atoms with Crippen LogP contribution in [0.3, 0.4) is 0 Å². The normalized spacial score (nSPS) is 10.3. The molecule has 6 heteroatoms. The molecule has 2 amide bonds. The summed E-state index contributed by atoms with van der Waals surface area (Å²) < 4.78 is 17.7. The molecule has 0 bridgehead atoms. The third kappa shape index (κ3) is 3.57. The van der Waals surface area contributed by atoms with E-state index in [0.29, 0.717) is 30.1 Å². The van der Waals surface area contributed by atoms with E-state index in [1.807, 2.05) is 0 Å². The topological polar surface area (TPSA) is 67.2 Å². The number of aryl methyl sites for hydroxylation is 2. The average Bonchev–Trinajstić information content (AvgIpc) is 2.73. The average molecular weight is 277 g/mol. The van der Waals surface area contributed by atoms with E-state index in [2.05, 4.69) is 15.8 Å². The third-order valence-corrected chi connectivity index (χ3v) is 2.88. The zero-order valence-electron chi connectivity index (χ0n) is 11.4. The van der Waals surface area contributed by atoms with Gasteiger partial charge in [-0.2, -0.15) is 0 Å². The number of urea groups is 1. The van der Waals surface area contributed by atoms with Crippen LogP contribution in [0, 0.1) is 19.7 Å². The summed E-state index contributed by atoms with van der Waals surface area (Å²) in [6, 6.07) is 5.88. The minimum Gasteiger partial charge on any atom is -0.359 e. The Labute approximate surface area is 116 Å². The van der Waals surface area contributed by atoms with Crippen molar-refractivity contribution in [2.75, 3.05) is 11.9 Å². The van der Waals surface area contributed by atoms with Gasteiger partial charge in [-0.1, -0.05) is 17.3 Å². The first-order valence-corrected chi connectivity index (χ1v) is 6.28. The lowest BCUT2D eigenvalue weighted by Gasteiger charge is -2.07. The van der Waals surface area contributed by atoms with Crippen molar-refractivity contribution in [3.8, 4) is 0 Å². The van der Waals surface area contributed by atoms with E-state index in [9.17, 15) is 9.18 Å². The predicted octanol–water partition coefficient (Wildman–Crippen LogP) is 2.79. The molecule has 0 saturated heterocycles. The number of halogens is 1. The van der Waals surface area contributed by atoms with E-state index in [-0.39, 0.29) is 11.8 Å². The van der Waals surface area contributed by atoms with Gasteiger partial charge in [-0.3, -0.25) is 0 Å². The molecule has 0 radical (unpaired) electrons. The zero-order valence-corrected chi connectivity index (χ0v) is 11.4. The van der Waals surface area contributed by atoms with E-state index in [1.165, 1.54) is 12.1 Å². The Morgan fingerprint density at radius 1 is 1.30 bits per heavy atom. The van der Waals surface area contributed by atoms with Gasteiger partial charge >= 0.3 is 6.03 Å². The van der Waals surface area contributed by atoms with Gasteiger partial charge in [0, 0.05) is 6.54 Å². The van der Waals surface area contributed by atoms with Crippen LogP contribution in [0.1, 0.15) is 17.0 Å². The van der Waals surface area contributed by atoms with Crippen LogP contribution in [0.5, 0.6) is 0 Å². The van der Waals surface area contributed by atoms with Gasteiger partial charge in [0.2, 0.25) is 0 Å². The number of hydrogen-bond acceptors (Lipinski definition) is 3. The Hall–Kier alpha value is -2.37. The number of carbonyl (C=O) groups is 1. The van der Waals surface area contributed by atoms with Crippen molar-refractivity contribution in [3.05, 3.63) is 47.1 Å². The third-order valence-electron chi connectivity index (χ3n) is 2.88. The molecular weight excluding hydrogens is 261 g/mol. The van der Waals surface area contributed by atoms with Gasteiger partial charge < -0.3 is 15.2 Å². The molecule has 0 aliphatic rings. The maximum Gasteiger partial charge on any atom is 0.319 e. The smallest absolute Gasteiger partial charge is 0.319 e. The number of aromatic nitrogens is 1. The van der Waals surface area contributed by atoms with Gasteiger partial charge in [-0.15, -0.1) is 0 Å². The fourth-order valence-electron chi connectivity index (χ4n) is 1.79. The van der Waals surface area contributed by atoms with Gasteiger partial charge in [0.05, 0.1) is 0 Å². The van der Waals surface area contributed by atoms with E-state index >= 15 is 0 Å². The van der Waals surface area contributed by atoms with Crippen LogP contribution in [0.4, 0.5) is 14.9 Å². The van der Waals surface area contributed by atoms with Crippen LogP contribution in [0.2, 0.25) is 0 Å². The quantitative estimate of drug-likeness (QED) is 0.903. The van der Waals surface area contributed by atoms with Crippen molar-refractivity contribution in [1.82, 2.24) is 10.5 Å². The van der Waals surface area contributed by atoms with Crippen LogP contribution in [0.25, 0.3) is 0 Å². The number of hydrogen-bond donors (Lipinski definition) is 2. The van der Waals surface area contributed by atoms with Gasteiger partial charge in [-0.05, 0) is 38.0 Å². The summed E-state index contributed by atoms with van der Waals surface area (Å²) in [5.74, 6) is 0.300. The number of amides is 2. The number of benzene rings is 1. The van der Waals surface area contributed by atoms with Gasteiger partial charge in [0.15, 0.2) is 5.76 Å². The molecule has 1 aromatic heterocycles. The molecule has 0 saturated carbocycles. The predicted molar refractivity (Wildman–Crippen MR) is 73.1 cm³/mol. The molecule has 0 atom stereocenters. The number of nitrogens with zero attached hydrogens (tertiary/aromatic N) is 1. The Morgan fingerprint density at radius 3 is 2.60 bits per heavy atom. The summed E-state index contributed by atoms with van der Waals surface area (Å²) >= 11 is 0. The molecule has 0 spiro atoms. The molecule has 1 aromatic carbocycles. The molecule has 0 aliphatic carbocycles. The summed E-state index contributed by atoms with van der Waals surface area (Å²) in [6.07, 6.45) is 0.634. The number of rotatable bonds is 4. The van der Waals surface area contributed by atoms with Crippen molar-refractivity contribution < 1.29 is 13.7 Å². The maximum atomic E-state index is 12.7. The summed E-state index contributed by atoms with van der Waals surface area (Å²) in [5.41, 5.74) is 2.18. The highest BCUT2D eigenvalue weighted by atomic mass is 19.1. The lowest BCUT2D eigenvalue weighted by molar-refractivity contribution is 0.252. The molecular formula is C14H16FN3O2.